The third kappa shape index (κ3) is 2.60. The second-order valence-corrected chi connectivity index (χ2v) is 6.29. The van der Waals surface area contributed by atoms with Gasteiger partial charge in [-0.25, -0.2) is 0 Å². The molecule has 0 saturated heterocycles. The zero-order valence-corrected chi connectivity index (χ0v) is 12.9. The highest BCUT2D eigenvalue weighted by atomic mass is 32.1. The van der Waals surface area contributed by atoms with E-state index in [-0.39, 0.29) is 0 Å². The minimum Gasteiger partial charge on any atom is -0.494 e. The van der Waals surface area contributed by atoms with Crippen molar-refractivity contribution >= 4 is 11.3 Å². The van der Waals surface area contributed by atoms with Crippen LogP contribution in [0.4, 0.5) is 0 Å². The summed E-state index contributed by atoms with van der Waals surface area (Å²) in [7, 11) is 0. The molecule has 1 aromatic heterocycles. The first kappa shape index (κ1) is 13.7. The van der Waals surface area contributed by atoms with Crippen LogP contribution in [0.2, 0.25) is 0 Å². The van der Waals surface area contributed by atoms with Gasteiger partial charge in [0.15, 0.2) is 0 Å². The number of fused-ring (bicyclic) bond motifs is 1. The summed E-state index contributed by atoms with van der Waals surface area (Å²) in [5.41, 5.74) is 2.83. The molecule has 20 heavy (non-hydrogen) atoms. The van der Waals surface area contributed by atoms with E-state index >= 15 is 0 Å². The molecule has 1 aliphatic rings. The number of nitrogens with one attached hydrogen (secondary N) is 1. The zero-order valence-electron chi connectivity index (χ0n) is 12.1. The molecule has 2 nitrogen and oxygen atoms in total. The van der Waals surface area contributed by atoms with Crippen molar-refractivity contribution in [3.05, 3.63) is 51.2 Å². The molecule has 2 heterocycles. The van der Waals surface area contributed by atoms with Gasteiger partial charge in [-0.1, -0.05) is 13.0 Å². The molecule has 1 atom stereocenters. The lowest BCUT2D eigenvalue weighted by Crippen LogP contribution is -2.30. The van der Waals surface area contributed by atoms with Gasteiger partial charge in [-0.3, -0.25) is 0 Å². The first-order valence-electron chi connectivity index (χ1n) is 7.39. The van der Waals surface area contributed by atoms with Crippen molar-refractivity contribution < 1.29 is 4.74 Å². The Balaban J connectivity index is 1.93. The number of hydrogen-bond acceptors (Lipinski definition) is 3. The Labute approximate surface area is 124 Å². The van der Waals surface area contributed by atoms with Crippen molar-refractivity contribution in [2.24, 2.45) is 0 Å². The average Bonchev–Trinajstić information content (AvgIpc) is 2.95. The van der Waals surface area contributed by atoms with Crippen molar-refractivity contribution in [2.45, 2.75) is 32.7 Å². The number of rotatable bonds is 4. The first-order chi connectivity index (χ1) is 9.81. The van der Waals surface area contributed by atoms with Crippen LogP contribution in [0.1, 0.15) is 40.8 Å². The molecule has 2 aromatic rings. The van der Waals surface area contributed by atoms with Gasteiger partial charge in [0.05, 0.1) is 12.6 Å². The minimum atomic E-state index is 0.347. The van der Waals surface area contributed by atoms with Crippen molar-refractivity contribution in [3.8, 4) is 5.75 Å². The molecule has 1 aromatic carbocycles. The van der Waals surface area contributed by atoms with Gasteiger partial charge in [0.2, 0.25) is 0 Å². The molecule has 0 amide bonds. The van der Waals surface area contributed by atoms with Gasteiger partial charge in [0.1, 0.15) is 5.75 Å². The van der Waals surface area contributed by atoms with Gasteiger partial charge in [-0.15, -0.1) is 11.3 Å². The molecule has 0 saturated carbocycles. The topological polar surface area (TPSA) is 21.3 Å². The lowest BCUT2D eigenvalue weighted by atomic mass is 9.93. The SMILES string of the molecule is CCOc1ccc2c(c1)CCNC2c1ccc(CC)s1. The van der Waals surface area contributed by atoms with Crippen LogP contribution in [-0.4, -0.2) is 13.2 Å². The normalized spacial score (nSPS) is 17.8. The highest BCUT2D eigenvalue weighted by Gasteiger charge is 2.22. The summed E-state index contributed by atoms with van der Waals surface area (Å²) in [5, 5.41) is 3.65. The lowest BCUT2D eigenvalue weighted by Gasteiger charge is -2.26. The average molecular weight is 287 g/mol. The Morgan fingerprint density at radius 1 is 1.25 bits per heavy atom. The Morgan fingerprint density at radius 2 is 2.15 bits per heavy atom. The molecule has 0 spiro atoms. The Morgan fingerprint density at radius 3 is 2.90 bits per heavy atom. The van der Waals surface area contributed by atoms with Crippen LogP contribution in [0.5, 0.6) is 5.75 Å². The predicted octanol–water partition coefficient (Wildman–Crippen LogP) is 3.94. The van der Waals surface area contributed by atoms with E-state index in [1.54, 1.807) is 0 Å². The second-order valence-electron chi connectivity index (χ2n) is 5.09. The Hall–Kier alpha value is -1.32. The lowest BCUT2D eigenvalue weighted by molar-refractivity contribution is 0.339. The van der Waals surface area contributed by atoms with E-state index in [9.17, 15) is 0 Å². The molecule has 0 aliphatic carbocycles. The van der Waals surface area contributed by atoms with Gasteiger partial charge in [0.25, 0.3) is 0 Å². The predicted molar refractivity (Wildman–Crippen MR) is 84.9 cm³/mol. The molecule has 106 valence electrons. The van der Waals surface area contributed by atoms with E-state index in [2.05, 4.69) is 42.6 Å². The van der Waals surface area contributed by atoms with Crippen molar-refractivity contribution in [2.75, 3.05) is 13.2 Å². The zero-order chi connectivity index (χ0) is 13.9. The summed E-state index contributed by atoms with van der Waals surface area (Å²) in [5.74, 6) is 0.993. The maximum atomic E-state index is 5.62. The van der Waals surface area contributed by atoms with E-state index in [1.165, 1.54) is 20.9 Å². The number of aryl methyl sites for hydroxylation is 1. The van der Waals surface area contributed by atoms with E-state index in [0.29, 0.717) is 6.04 Å². The summed E-state index contributed by atoms with van der Waals surface area (Å²) in [6, 6.07) is 11.4. The van der Waals surface area contributed by atoms with Crippen LogP contribution in [-0.2, 0) is 12.8 Å². The van der Waals surface area contributed by atoms with Gasteiger partial charge in [0, 0.05) is 16.3 Å². The van der Waals surface area contributed by atoms with Crippen LogP contribution in [0.25, 0.3) is 0 Å². The first-order valence-corrected chi connectivity index (χ1v) is 8.21. The maximum Gasteiger partial charge on any atom is 0.119 e. The number of benzene rings is 1. The van der Waals surface area contributed by atoms with Crippen LogP contribution in [0, 0.1) is 0 Å². The van der Waals surface area contributed by atoms with Crippen LogP contribution in [0.15, 0.2) is 30.3 Å². The Bertz CT molecular complexity index is 590. The van der Waals surface area contributed by atoms with E-state index in [0.717, 1.165) is 31.7 Å². The fraction of sp³-hybridized carbons (Fsp3) is 0.412. The van der Waals surface area contributed by atoms with Gasteiger partial charge in [-0.2, -0.15) is 0 Å². The summed E-state index contributed by atoms with van der Waals surface area (Å²) >= 11 is 1.92. The molecule has 1 aliphatic heterocycles. The maximum absolute atomic E-state index is 5.62. The third-order valence-electron chi connectivity index (χ3n) is 3.79. The van der Waals surface area contributed by atoms with Crippen molar-refractivity contribution in [1.29, 1.82) is 0 Å². The quantitative estimate of drug-likeness (QED) is 0.919. The summed E-state index contributed by atoms with van der Waals surface area (Å²) in [4.78, 5) is 2.88. The molecule has 1 N–H and O–H groups in total. The number of ether oxygens (including phenoxy) is 1. The molecule has 1 unspecified atom stereocenters. The molecule has 0 fully saturated rings. The molecule has 3 heteroatoms. The summed E-state index contributed by atoms with van der Waals surface area (Å²) in [6.45, 7) is 6.01. The van der Waals surface area contributed by atoms with Crippen LogP contribution >= 0.6 is 11.3 Å². The number of thiophene rings is 1. The van der Waals surface area contributed by atoms with E-state index in [4.69, 9.17) is 4.74 Å². The smallest absolute Gasteiger partial charge is 0.119 e. The van der Waals surface area contributed by atoms with Crippen LogP contribution < -0.4 is 10.1 Å². The fourth-order valence-corrected chi connectivity index (χ4v) is 3.84. The highest BCUT2D eigenvalue weighted by molar-refractivity contribution is 7.12. The monoisotopic (exact) mass is 287 g/mol. The summed E-state index contributed by atoms with van der Waals surface area (Å²) < 4.78 is 5.62. The molecular weight excluding hydrogens is 266 g/mol. The molecular formula is C17H21NOS. The second kappa shape index (κ2) is 5.98. The fourth-order valence-electron chi connectivity index (χ4n) is 2.79. The van der Waals surface area contributed by atoms with Crippen molar-refractivity contribution in [3.63, 3.8) is 0 Å². The largest absolute Gasteiger partial charge is 0.494 e. The van der Waals surface area contributed by atoms with Gasteiger partial charge >= 0.3 is 0 Å². The third-order valence-corrected chi connectivity index (χ3v) is 5.09. The highest BCUT2D eigenvalue weighted by Crippen LogP contribution is 2.34. The van der Waals surface area contributed by atoms with Crippen LogP contribution in [0.3, 0.4) is 0 Å². The van der Waals surface area contributed by atoms with E-state index in [1.807, 2.05) is 18.3 Å². The number of hydrogen-bond donors (Lipinski definition) is 1. The van der Waals surface area contributed by atoms with Gasteiger partial charge < -0.3 is 10.1 Å². The standard InChI is InChI=1S/C17H21NOS/c1-3-14-6-8-16(20-14)17-15-7-5-13(19-4-2)11-12(15)9-10-18-17/h5-8,11,17-18H,3-4,9-10H2,1-2H3. The molecule has 0 radical (unpaired) electrons. The van der Waals surface area contributed by atoms with Crippen molar-refractivity contribution in [1.82, 2.24) is 5.32 Å². The van der Waals surface area contributed by atoms with Gasteiger partial charge in [-0.05, 0) is 55.2 Å². The molecule has 3 rings (SSSR count). The Kier molecular flexibility index (Phi) is 4.08. The minimum absolute atomic E-state index is 0.347. The summed E-state index contributed by atoms with van der Waals surface area (Å²) in [6.07, 6.45) is 2.20. The molecule has 0 bridgehead atoms. The van der Waals surface area contributed by atoms with E-state index < -0.39 is 0 Å².